The number of pyridine rings is 1. The highest BCUT2D eigenvalue weighted by atomic mass is 16.5. The first-order valence-electron chi connectivity index (χ1n) is 10.4. The number of hydrogen-bond donors (Lipinski definition) is 1. The molecule has 0 aliphatic heterocycles. The van der Waals surface area contributed by atoms with Crippen LogP contribution in [-0.2, 0) is 5.54 Å². The minimum atomic E-state index is -0.561. The number of nitrogens with zero attached hydrogens (tertiary/aromatic N) is 3. The number of amides is 1. The Kier molecular flexibility index (Phi) is 5.51. The fourth-order valence-electron chi connectivity index (χ4n) is 3.99. The van der Waals surface area contributed by atoms with Gasteiger partial charge in [-0.1, -0.05) is 31.4 Å². The molecule has 1 aromatic carbocycles. The average molecular weight is 393 g/mol. The van der Waals surface area contributed by atoms with E-state index in [1.807, 2.05) is 50.4 Å². The summed E-state index contributed by atoms with van der Waals surface area (Å²) in [6.45, 7) is 4.76. The third-order valence-electron chi connectivity index (χ3n) is 5.76. The molecule has 0 atom stereocenters. The van der Waals surface area contributed by atoms with Gasteiger partial charge in [-0.25, -0.2) is 0 Å². The molecule has 1 fully saturated rings. The van der Waals surface area contributed by atoms with E-state index in [4.69, 9.17) is 4.74 Å². The van der Waals surface area contributed by atoms with Crippen LogP contribution in [0.15, 0.2) is 48.9 Å². The van der Waals surface area contributed by atoms with Crippen LogP contribution in [0.2, 0.25) is 0 Å². The number of aromatic nitrogens is 3. The second kappa shape index (κ2) is 8.23. The number of carbonyl (C=O) groups is 1. The Labute approximate surface area is 171 Å². The molecule has 4 rings (SSSR count). The topological polar surface area (TPSA) is 68.5 Å². The molecule has 0 spiro atoms. The molecule has 0 radical (unpaired) electrons. The summed E-state index contributed by atoms with van der Waals surface area (Å²) in [6, 6.07) is 11.6. The van der Waals surface area contributed by atoms with Crippen LogP contribution in [0.25, 0.3) is 5.65 Å². The largest absolute Gasteiger partial charge is 0.493 e. The van der Waals surface area contributed by atoms with Gasteiger partial charge in [0.25, 0.3) is 5.91 Å². The van der Waals surface area contributed by atoms with Gasteiger partial charge in [-0.2, -0.15) is 0 Å². The Morgan fingerprint density at radius 1 is 1.21 bits per heavy atom. The summed E-state index contributed by atoms with van der Waals surface area (Å²) in [5.41, 5.74) is 1.49. The molecular weight excluding hydrogens is 364 g/mol. The molecule has 1 amide bonds. The predicted molar refractivity (Wildman–Crippen MR) is 112 cm³/mol. The normalized spacial score (nSPS) is 15.4. The molecule has 1 aliphatic rings. The molecule has 152 valence electrons. The maximum absolute atomic E-state index is 12.9. The van der Waals surface area contributed by atoms with Crippen LogP contribution in [-0.4, -0.2) is 27.1 Å². The van der Waals surface area contributed by atoms with Crippen molar-refractivity contribution >= 4 is 11.6 Å². The zero-order valence-corrected chi connectivity index (χ0v) is 17.1. The smallest absolute Gasteiger partial charge is 0.255 e. The van der Waals surface area contributed by atoms with Crippen LogP contribution < -0.4 is 10.1 Å². The third-order valence-corrected chi connectivity index (χ3v) is 5.76. The van der Waals surface area contributed by atoms with Gasteiger partial charge < -0.3 is 10.1 Å². The van der Waals surface area contributed by atoms with Gasteiger partial charge in [0.05, 0.1) is 17.7 Å². The summed E-state index contributed by atoms with van der Waals surface area (Å²) in [5.74, 6) is 1.33. The number of ether oxygens (including phenoxy) is 1. The van der Waals surface area contributed by atoms with Crippen molar-refractivity contribution in [1.82, 2.24) is 19.9 Å². The monoisotopic (exact) mass is 392 g/mol. The molecule has 29 heavy (non-hydrogen) atoms. The van der Waals surface area contributed by atoms with E-state index >= 15 is 0 Å². The van der Waals surface area contributed by atoms with Gasteiger partial charge in [-0.05, 0) is 62.4 Å². The van der Waals surface area contributed by atoms with Gasteiger partial charge in [-0.3, -0.25) is 9.20 Å². The van der Waals surface area contributed by atoms with Gasteiger partial charge in [0.2, 0.25) is 0 Å². The molecule has 3 aromatic rings. The van der Waals surface area contributed by atoms with Crippen LogP contribution in [0, 0.1) is 5.92 Å². The zero-order chi connectivity index (χ0) is 20.3. The van der Waals surface area contributed by atoms with Gasteiger partial charge >= 0.3 is 0 Å². The number of fused-ring (bicyclic) bond motifs is 1. The highest BCUT2D eigenvalue weighted by Crippen LogP contribution is 2.27. The highest BCUT2D eigenvalue weighted by Gasteiger charge is 2.25. The van der Waals surface area contributed by atoms with Crippen molar-refractivity contribution in [2.45, 2.75) is 51.5 Å². The van der Waals surface area contributed by atoms with Crippen LogP contribution in [0.5, 0.6) is 5.75 Å². The lowest BCUT2D eigenvalue weighted by molar-refractivity contribution is 0.0913. The first-order chi connectivity index (χ1) is 14.0. The summed E-state index contributed by atoms with van der Waals surface area (Å²) in [6.07, 6.45) is 9.90. The molecule has 2 aromatic heterocycles. The lowest BCUT2D eigenvalue weighted by Gasteiger charge is -2.28. The molecule has 6 heteroatoms. The Balaban J connectivity index is 1.46. The number of carbonyl (C=O) groups excluding carboxylic acids is 1. The molecular formula is C23H28N4O2. The van der Waals surface area contributed by atoms with E-state index in [2.05, 4.69) is 15.5 Å². The number of rotatable bonds is 6. The quantitative estimate of drug-likeness (QED) is 0.677. The number of nitrogens with one attached hydrogen (secondary N) is 1. The van der Waals surface area contributed by atoms with Crippen LogP contribution in [0.4, 0.5) is 0 Å². The average Bonchev–Trinajstić information content (AvgIpc) is 3.22. The summed E-state index contributed by atoms with van der Waals surface area (Å²) < 4.78 is 7.82. The fraction of sp³-hybridized carbons (Fsp3) is 0.435. The Bertz CT molecular complexity index is 989. The van der Waals surface area contributed by atoms with E-state index in [1.165, 1.54) is 32.1 Å². The minimum absolute atomic E-state index is 0.179. The molecule has 0 saturated heterocycles. The van der Waals surface area contributed by atoms with E-state index in [0.29, 0.717) is 17.1 Å². The van der Waals surface area contributed by atoms with Crippen molar-refractivity contribution in [3.63, 3.8) is 0 Å². The van der Waals surface area contributed by atoms with Crippen molar-refractivity contribution < 1.29 is 9.53 Å². The minimum Gasteiger partial charge on any atom is -0.493 e. The lowest BCUT2D eigenvalue weighted by atomic mass is 9.90. The standard InChI is InChI=1S/C23H28N4O2/c1-23(2,25-22(28)20-12-7-13-27-16-24-26-21(20)27)18-10-6-11-19(14-18)29-15-17-8-4-3-5-9-17/h6-7,10-14,16-17H,3-5,8-9,15H2,1-2H3,(H,25,28). The van der Waals surface area contributed by atoms with Crippen LogP contribution in [0.1, 0.15) is 61.9 Å². The molecule has 2 heterocycles. The van der Waals surface area contributed by atoms with E-state index in [1.54, 1.807) is 16.8 Å². The van der Waals surface area contributed by atoms with Crippen molar-refractivity contribution in [2.24, 2.45) is 5.92 Å². The Morgan fingerprint density at radius 3 is 2.86 bits per heavy atom. The summed E-state index contributed by atoms with van der Waals surface area (Å²) in [4.78, 5) is 12.9. The SMILES string of the molecule is CC(C)(NC(=O)c1cccn2cnnc12)c1cccc(OCC2CCCCC2)c1. The van der Waals surface area contributed by atoms with Crippen molar-refractivity contribution in [1.29, 1.82) is 0 Å². The zero-order valence-electron chi connectivity index (χ0n) is 17.1. The first kappa shape index (κ1) is 19.4. The third kappa shape index (κ3) is 4.42. The molecule has 0 bridgehead atoms. The van der Waals surface area contributed by atoms with Crippen LogP contribution in [0.3, 0.4) is 0 Å². The molecule has 1 N–H and O–H groups in total. The van der Waals surface area contributed by atoms with Crippen molar-refractivity contribution in [3.8, 4) is 5.75 Å². The number of benzene rings is 1. The van der Waals surface area contributed by atoms with E-state index < -0.39 is 5.54 Å². The fourth-order valence-corrected chi connectivity index (χ4v) is 3.99. The molecule has 1 aliphatic carbocycles. The maximum Gasteiger partial charge on any atom is 0.255 e. The Morgan fingerprint density at radius 2 is 2.03 bits per heavy atom. The van der Waals surface area contributed by atoms with Gasteiger partial charge in [0.15, 0.2) is 5.65 Å². The lowest BCUT2D eigenvalue weighted by Crippen LogP contribution is -2.41. The van der Waals surface area contributed by atoms with E-state index in [9.17, 15) is 4.79 Å². The van der Waals surface area contributed by atoms with Crippen molar-refractivity contribution in [2.75, 3.05) is 6.61 Å². The second-order valence-corrected chi connectivity index (χ2v) is 8.41. The maximum atomic E-state index is 12.9. The number of hydrogen-bond acceptors (Lipinski definition) is 4. The summed E-state index contributed by atoms with van der Waals surface area (Å²) >= 11 is 0. The summed E-state index contributed by atoms with van der Waals surface area (Å²) in [5, 5.41) is 11.1. The predicted octanol–water partition coefficient (Wildman–Crippen LogP) is 4.35. The van der Waals surface area contributed by atoms with Gasteiger partial charge in [-0.15, -0.1) is 10.2 Å². The van der Waals surface area contributed by atoms with Crippen molar-refractivity contribution in [3.05, 3.63) is 60.0 Å². The highest BCUT2D eigenvalue weighted by molar-refractivity contribution is 6.00. The summed E-state index contributed by atoms with van der Waals surface area (Å²) in [7, 11) is 0. The van der Waals surface area contributed by atoms with Gasteiger partial charge in [0.1, 0.15) is 12.1 Å². The second-order valence-electron chi connectivity index (χ2n) is 8.41. The Hall–Kier alpha value is -2.89. The molecule has 0 unspecified atom stereocenters. The molecule has 1 saturated carbocycles. The van der Waals surface area contributed by atoms with E-state index in [-0.39, 0.29) is 5.91 Å². The molecule has 6 nitrogen and oxygen atoms in total. The van der Waals surface area contributed by atoms with Crippen LogP contribution >= 0.6 is 0 Å². The van der Waals surface area contributed by atoms with Gasteiger partial charge in [0, 0.05) is 6.20 Å². The first-order valence-corrected chi connectivity index (χ1v) is 10.4. The van der Waals surface area contributed by atoms with E-state index in [0.717, 1.165) is 17.9 Å².